The van der Waals surface area contributed by atoms with Crippen molar-refractivity contribution in [1.82, 2.24) is 15.1 Å². The topological polar surface area (TPSA) is 39.1 Å². The molecule has 1 atom stereocenters. The fourth-order valence-electron chi connectivity index (χ4n) is 2.62. The number of ether oxygens (including phenoxy) is 1. The number of benzene rings is 1. The van der Waals surface area contributed by atoms with Gasteiger partial charge in [-0.1, -0.05) is 24.3 Å². The fraction of sp³-hybridized carbons (Fsp3) is 0.357. The van der Waals surface area contributed by atoms with Crippen LogP contribution in [0, 0.1) is 0 Å². The minimum atomic E-state index is 0.179. The second-order valence-electron chi connectivity index (χ2n) is 4.43. The molecule has 2 heterocycles. The largest absolute Gasteiger partial charge is 0.493 e. The standard InChI is InChI=1S/C14H17N3O/c1-3-17-14(12(18-2)9-16-17)13-11-7-5-4-6-10(11)8-15-13/h4-7,9,13,15H,3,8H2,1-2H3. The number of nitrogens with one attached hydrogen (secondary N) is 1. The van der Waals surface area contributed by atoms with Gasteiger partial charge >= 0.3 is 0 Å². The number of aryl methyl sites for hydroxylation is 1. The third-order valence-electron chi connectivity index (χ3n) is 3.50. The molecule has 18 heavy (non-hydrogen) atoms. The van der Waals surface area contributed by atoms with E-state index in [1.54, 1.807) is 13.3 Å². The molecule has 0 saturated heterocycles. The summed E-state index contributed by atoms with van der Waals surface area (Å²) in [6.07, 6.45) is 1.79. The summed E-state index contributed by atoms with van der Waals surface area (Å²) in [7, 11) is 1.70. The van der Waals surface area contributed by atoms with Gasteiger partial charge in [-0.25, -0.2) is 0 Å². The fourth-order valence-corrected chi connectivity index (χ4v) is 2.62. The number of rotatable bonds is 3. The van der Waals surface area contributed by atoms with Gasteiger partial charge in [0.2, 0.25) is 0 Å². The molecule has 2 aromatic rings. The highest BCUT2D eigenvalue weighted by Crippen LogP contribution is 2.35. The molecule has 94 valence electrons. The van der Waals surface area contributed by atoms with Crippen LogP contribution in [0.4, 0.5) is 0 Å². The van der Waals surface area contributed by atoms with Crippen molar-refractivity contribution in [3.05, 3.63) is 47.3 Å². The SMILES string of the molecule is CCn1ncc(OC)c1C1NCc2ccccc21. The average Bonchev–Trinajstić information content (AvgIpc) is 3.01. The molecule has 1 aliphatic heterocycles. The molecular formula is C14H17N3O. The van der Waals surface area contributed by atoms with E-state index in [0.29, 0.717) is 0 Å². The van der Waals surface area contributed by atoms with Crippen LogP contribution in [0.3, 0.4) is 0 Å². The second-order valence-corrected chi connectivity index (χ2v) is 4.43. The Morgan fingerprint density at radius 2 is 2.28 bits per heavy atom. The Bertz CT molecular complexity index is 540. The minimum Gasteiger partial charge on any atom is -0.493 e. The number of fused-ring (bicyclic) bond motifs is 1. The predicted octanol–water partition coefficient (Wildman–Crippen LogP) is 2.10. The summed E-state index contributed by atoms with van der Waals surface area (Å²) in [6, 6.07) is 8.68. The molecule has 1 aromatic heterocycles. The molecule has 1 aliphatic rings. The third kappa shape index (κ3) is 1.61. The first-order valence-corrected chi connectivity index (χ1v) is 6.26. The normalized spacial score (nSPS) is 17.8. The molecule has 0 amide bonds. The highest BCUT2D eigenvalue weighted by Gasteiger charge is 2.28. The molecule has 0 fully saturated rings. The molecular weight excluding hydrogens is 226 g/mol. The number of hydrogen-bond acceptors (Lipinski definition) is 3. The van der Waals surface area contributed by atoms with Gasteiger partial charge in [0.25, 0.3) is 0 Å². The van der Waals surface area contributed by atoms with E-state index in [1.165, 1.54) is 11.1 Å². The first-order chi connectivity index (χ1) is 8.85. The van der Waals surface area contributed by atoms with E-state index in [4.69, 9.17) is 4.74 Å². The van der Waals surface area contributed by atoms with Gasteiger partial charge in [-0.15, -0.1) is 0 Å². The van der Waals surface area contributed by atoms with Crippen molar-refractivity contribution >= 4 is 0 Å². The van der Waals surface area contributed by atoms with Crippen LogP contribution in [0.15, 0.2) is 30.5 Å². The van der Waals surface area contributed by atoms with Crippen LogP contribution >= 0.6 is 0 Å². The van der Waals surface area contributed by atoms with Crippen molar-refractivity contribution in [2.75, 3.05) is 7.11 Å². The number of nitrogens with zero attached hydrogens (tertiary/aromatic N) is 2. The molecule has 0 bridgehead atoms. The molecule has 0 aliphatic carbocycles. The Kier molecular flexibility index (Phi) is 2.80. The molecule has 1 aromatic carbocycles. The average molecular weight is 243 g/mol. The molecule has 1 N–H and O–H groups in total. The summed E-state index contributed by atoms with van der Waals surface area (Å²) >= 11 is 0. The van der Waals surface area contributed by atoms with Gasteiger partial charge < -0.3 is 10.1 Å². The van der Waals surface area contributed by atoms with Crippen molar-refractivity contribution in [1.29, 1.82) is 0 Å². The maximum absolute atomic E-state index is 5.43. The van der Waals surface area contributed by atoms with Crippen LogP contribution < -0.4 is 10.1 Å². The van der Waals surface area contributed by atoms with Crippen LogP contribution in [0.2, 0.25) is 0 Å². The molecule has 4 nitrogen and oxygen atoms in total. The summed E-state index contributed by atoms with van der Waals surface area (Å²) in [4.78, 5) is 0. The van der Waals surface area contributed by atoms with Gasteiger partial charge in [0, 0.05) is 13.1 Å². The van der Waals surface area contributed by atoms with Gasteiger partial charge in [0.1, 0.15) is 5.69 Å². The predicted molar refractivity (Wildman–Crippen MR) is 69.6 cm³/mol. The highest BCUT2D eigenvalue weighted by atomic mass is 16.5. The minimum absolute atomic E-state index is 0.179. The summed E-state index contributed by atoms with van der Waals surface area (Å²) in [5, 5.41) is 7.91. The zero-order chi connectivity index (χ0) is 12.5. The zero-order valence-electron chi connectivity index (χ0n) is 10.7. The molecule has 3 rings (SSSR count). The van der Waals surface area contributed by atoms with Crippen molar-refractivity contribution in [2.24, 2.45) is 0 Å². The van der Waals surface area contributed by atoms with Crippen LogP contribution in [0.25, 0.3) is 0 Å². The third-order valence-corrected chi connectivity index (χ3v) is 3.50. The lowest BCUT2D eigenvalue weighted by molar-refractivity contribution is 0.401. The van der Waals surface area contributed by atoms with E-state index in [2.05, 4.69) is 41.6 Å². The van der Waals surface area contributed by atoms with Gasteiger partial charge in [-0.05, 0) is 18.1 Å². The summed E-state index contributed by atoms with van der Waals surface area (Å²) in [5.74, 6) is 0.853. The van der Waals surface area contributed by atoms with E-state index in [9.17, 15) is 0 Å². The van der Waals surface area contributed by atoms with Crippen LogP contribution in [0.5, 0.6) is 5.75 Å². The molecule has 0 radical (unpaired) electrons. The Balaban J connectivity index is 2.09. The lowest BCUT2D eigenvalue weighted by atomic mass is 10.0. The lowest BCUT2D eigenvalue weighted by Crippen LogP contribution is -2.18. The summed E-state index contributed by atoms with van der Waals surface area (Å²) < 4.78 is 7.43. The van der Waals surface area contributed by atoms with Gasteiger partial charge in [0.05, 0.1) is 19.3 Å². The maximum atomic E-state index is 5.43. The zero-order valence-corrected chi connectivity index (χ0v) is 10.7. The van der Waals surface area contributed by atoms with Crippen molar-refractivity contribution in [2.45, 2.75) is 26.1 Å². The molecule has 0 spiro atoms. The van der Waals surface area contributed by atoms with Crippen LogP contribution in [-0.2, 0) is 13.1 Å². The summed E-state index contributed by atoms with van der Waals surface area (Å²) in [6.45, 7) is 3.84. The van der Waals surface area contributed by atoms with E-state index < -0.39 is 0 Å². The molecule has 1 unspecified atom stereocenters. The van der Waals surface area contributed by atoms with E-state index in [-0.39, 0.29) is 6.04 Å². The van der Waals surface area contributed by atoms with E-state index in [1.807, 2.05) is 4.68 Å². The van der Waals surface area contributed by atoms with Gasteiger partial charge in [0.15, 0.2) is 5.75 Å². The Hall–Kier alpha value is -1.81. The molecule has 0 saturated carbocycles. The maximum Gasteiger partial charge on any atom is 0.161 e. The number of aromatic nitrogens is 2. The quantitative estimate of drug-likeness (QED) is 0.897. The Morgan fingerprint density at radius 1 is 1.44 bits per heavy atom. The first-order valence-electron chi connectivity index (χ1n) is 6.26. The first kappa shape index (κ1) is 11.3. The van der Waals surface area contributed by atoms with Gasteiger partial charge in [-0.3, -0.25) is 4.68 Å². The van der Waals surface area contributed by atoms with Crippen molar-refractivity contribution in [3.63, 3.8) is 0 Å². The number of hydrogen-bond donors (Lipinski definition) is 1. The second kappa shape index (κ2) is 4.46. The summed E-state index contributed by atoms with van der Waals surface area (Å²) in [5.41, 5.74) is 3.80. The highest BCUT2D eigenvalue weighted by molar-refractivity contribution is 5.43. The van der Waals surface area contributed by atoms with Crippen molar-refractivity contribution in [3.8, 4) is 5.75 Å². The lowest BCUT2D eigenvalue weighted by Gasteiger charge is -2.15. The van der Waals surface area contributed by atoms with Crippen LogP contribution in [0.1, 0.15) is 29.8 Å². The Morgan fingerprint density at radius 3 is 3.06 bits per heavy atom. The van der Waals surface area contributed by atoms with Crippen molar-refractivity contribution < 1.29 is 4.74 Å². The van der Waals surface area contributed by atoms with E-state index in [0.717, 1.165) is 24.5 Å². The smallest absolute Gasteiger partial charge is 0.161 e. The van der Waals surface area contributed by atoms with Crippen LogP contribution in [-0.4, -0.2) is 16.9 Å². The number of methoxy groups -OCH3 is 1. The Labute approximate surface area is 107 Å². The van der Waals surface area contributed by atoms with E-state index >= 15 is 0 Å². The monoisotopic (exact) mass is 243 g/mol. The van der Waals surface area contributed by atoms with Gasteiger partial charge in [-0.2, -0.15) is 5.10 Å². The molecule has 4 heteroatoms.